The van der Waals surface area contributed by atoms with Crippen LogP contribution in [0.3, 0.4) is 0 Å². The Labute approximate surface area is 94.6 Å². The normalized spacial score (nSPS) is 16.5. The average molecular weight is 242 g/mol. The van der Waals surface area contributed by atoms with Gasteiger partial charge in [-0.15, -0.1) is 0 Å². The van der Waals surface area contributed by atoms with Gasteiger partial charge in [-0.2, -0.15) is 13.2 Å². The van der Waals surface area contributed by atoms with Gasteiger partial charge in [-0.25, -0.2) is 0 Å². The Bertz CT molecular complexity index is 187. The van der Waals surface area contributed by atoms with E-state index < -0.39 is 18.1 Å². The Morgan fingerprint density at radius 2 is 1.88 bits per heavy atom. The summed E-state index contributed by atoms with van der Waals surface area (Å²) in [5.74, 6) is -1.36. The third kappa shape index (κ3) is 5.67. The second-order valence-electron chi connectivity index (χ2n) is 4.04. The highest BCUT2D eigenvalue weighted by Gasteiger charge is 2.40. The average Bonchev–Trinajstić information content (AvgIpc) is 2.17. The van der Waals surface area contributed by atoms with Gasteiger partial charge >= 0.3 is 6.18 Å². The molecule has 0 aromatic heterocycles. The summed E-state index contributed by atoms with van der Waals surface area (Å²) in [4.78, 5) is 1.81. The number of hydrogen-bond donors (Lipinski definition) is 2. The van der Waals surface area contributed by atoms with E-state index in [0.717, 1.165) is 0 Å². The van der Waals surface area contributed by atoms with Crippen LogP contribution in [-0.2, 0) is 0 Å². The maximum absolute atomic E-state index is 12.5. The van der Waals surface area contributed by atoms with Crippen LogP contribution in [0, 0.1) is 5.92 Å². The van der Waals surface area contributed by atoms with E-state index in [1.54, 1.807) is 14.1 Å². The minimum atomic E-state index is -4.16. The molecule has 98 valence electrons. The molecule has 3 nitrogen and oxygen atoms in total. The van der Waals surface area contributed by atoms with Crippen LogP contribution in [0.15, 0.2) is 0 Å². The first-order valence-electron chi connectivity index (χ1n) is 5.36. The van der Waals surface area contributed by atoms with Gasteiger partial charge in [-0.1, -0.05) is 6.92 Å². The molecule has 0 aliphatic heterocycles. The number of aliphatic hydroxyl groups is 1. The lowest BCUT2D eigenvalue weighted by Crippen LogP contribution is -2.42. The summed E-state index contributed by atoms with van der Waals surface area (Å²) in [6.45, 7) is 2.23. The lowest BCUT2D eigenvalue weighted by molar-refractivity contribution is -0.177. The molecule has 0 aromatic carbocycles. The van der Waals surface area contributed by atoms with Gasteiger partial charge in [0.15, 0.2) is 0 Å². The predicted octanol–water partition coefficient (Wildman–Crippen LogP) is 1.09. The Hall–Kier alpha value is -0.330. The fraction of sp³-hybridized carbons (Fsp3) is 1.00. The van der Waals surface area contributed by atoms with Crippen molar-refractivity contribution in [1.82, 2.24) is 10.2 Å². The molecule has 0 aliphatic carbocycles. The van der Waals surface area contributed by atoms with Crippen LogP contribution in [0.4, 0.5) is 13.2 Å². The number of nitrogens with zero attached hydrogens (tertiary/aromatic N) is 1. The highest BCUT2D eigenvalue weighted by atomic mass is 19.4. The lowest BCUT2D eigenvalue weighted by atomic mass is 9.98. The first-order chi connectivity index (χ1) is 7.32. The summed E-state index contributed by atoms with van der Waals surface area (Å²) < 4.78 is 37.4. The van der Waals surface area contributed by atoms with Crippen LogP contribution < -0.4 is 5.32 Å². The molecule has 6 heteroatoms. The van der Waals surface area contributed by atoms with Crippen molar-refractivity contribution in [2.75, 3.05) is 33.8 Å². The Kier molecular flexibility index (Phi) is 6.94. The number of aliphatic hydroxyl groups excluding tert-OH is 1. The van der Waals surface area contributed by atoms with Crippen LogP contribution in [0.1, 0.15) is 13.3 Å². The van der Waals surface area contributed by atoms with Crippen LogP contribution in [0.5, 0.6) is 0 Å². The van der Waals surface area contributed by atoms with Crippen molar-refractivity contribution in [3.05, 3.63) is 0 Å². The number of rotatable bonds is 7. The van der Waals surface area contributed by atoms with Crippen LogP contribution >= 0.6 is 0 Å². The van der Waals surface area contributed by atoms with Crippen molar-refractivity contribution in [3.8, 4) is 0 Å². The number of likely N-dealkylation sites (N-methyl/N-ethyl adjacent to an activating group) is 1. The first kappa shape index (κ1) is 15.7. The van der Waals surface area contributed by atoms with Crippen molar-refractivity contribution in [2.24, 2.45) is 5.92 Å². The van der Waals surface area contributed by atoms with Gasteiger partial charge in [0, 0.05) is 12.6 Å². The van der Waals surface area contributed by atoms with Gasteiger partial charge in [0.25, 0.3) is 0 Å². The minimum Gasteiger partial charge on any atom is -0.395 e. The number of halogens is 3. The quantitative estimate of drug-likeness (QED) is 0.701. The summed E-state index contributed by atoms with van der Waals surface area (Å²) >= 11 is 0. The largest absolute Gasteiger partial charge is 0.395 e. The fourth-order valence-electron chi connectivity index (χ4n) is 1.51. The summed E-state index contributed by atoms with van der Waals surface area (Å²) in [6, 6.07) is -0.582. The molecule has 0 aromatic rings. The fourth-order valence-corrected chi connectivity index (χ4v) is 1.51. The standard InChI is InChI=1S/C10H21F3N2O/c1-8(10(11,12)13)9(14-2)4-5-15(3)6-7-16/h8-9,14,16H,4-7H2,1-3H3. The van der Waals surface area contributed by atoms with Gasteiger partial charge in [-0.05, 0) is 27.1 Å². The molecule has 16 heavy (non-hydrogen) atoms. The zero-order valence-electron chi connectivity index (χ0n) is 10.0. The van der Waals surface area contributed by atoms with Gasteiger partial charge in [0.05, 0.1) is 12.5 Å². The third-order valence-corrected chi connectivity index (χ3v) is 2.79. The van der Waals surface area contributed by atoms with E-state index in [4.69, 9.17) is 5.11 Å². The Morgan fingerprint density at radius 1 is 1.31 bits per heavy atom. The molecule has 2 atom stereocenters. The van der Waals surface area contributed by atoms with E-state index in [2.05, 4.69) is 5.32 Å². The van der Waals surface area contributed by atoms with Crippen LogP contribution in [-0.4, -0.2) is 56.0 Å². The molecule has 0 bridgehead atoms. The number of hydrogen-bond acceptors (Lipinski definition) is 3. The van der Waals surface area contributed by atoms with Crippen molar-refractivity contribution in [2.45, 2.75) is 25.6 Å². The molecule has 2 unspecified atom stereocenters. The summed E-state index contributed by atoms with van der Waals surface area (Å²) in [7, 11) is 3.32. The topological polar surface area (TPSA) is 35.5 Å². The van der Waals surface area contributed by atoms with E-state index in [1.165, 1.54) is 6.92 Å². The maximum atomic E-state index is 12.5. The van der Waals surface area contributed by atoms with E-state index in [1.807, 2.05) is 4.90 Å². The van der Waals surface area contributed by atoms with Gasteiger partial charge in [0.2, 0.25) is 0 Å². The van der Waals surface area contributed by atoms with Crippen LogP contribution in [0.25, 0.3) is 0 Å². The molecule has 0 fully saturated rings. The van der Waals surface area contributed by atoms with E-state index in [0.29, 0.717) is 19.5 Å². The van der Waals surface area contributed by atoms with Gasteiger partial charge in [0.1, 0.15) is 0 Å². The molecule has 0 radical (unpaired) electrons. The molecule has 2 N–H and O–H groups in total. The van der Waals surface area contributed by atoms with Gasteiger partial charge < -0.3 is 15.3 Å². The smallest absolute Gasteiger partial charge is 0.393 e. The molecule has 0 aliphatic rings. The molecule has 0 spiro atoms. The highest BCUT2D eigenvalue weighted by molar-refractivity contribution is 4.78. The Morgan fingerprint density at radius 3 is 2.25 bits per heavy atom. The summed E-state index contributed by atoms with van der Waals surface area (Å²) in [5.41, 5.74) is 0. The minimum absolute atomic E-state index is 0.0234. The SMILES string of the molecule is CNC(CCN(C)CCO)C(C)C(F)(F)F. The molecule has 0 saturated carbocycles. The highest BCUT2D eigenvalue weighted by Crippen LogP contribution is 2.29. The van der Waals surface area contributed by atoms with Crippen molar-refractivity contribution in [3.63, 3.8) is 0 Å². The number of alkyl halides is 3. The first-order valence-corrected chi connectivity index (χ1v) is 5.36. The monoisotopic (exact) mass is 242 g/mol. The zero-order chi connectivity index (χ0) is 12.8. The second kappa shape index (κ2) is 7.09. The van der Waals surface area contributed by atoms with Crippen molar-refractivity contribution >= 4 is 0 Å². The molecule has 0 heterocycles. The van der Waals surface area contributed by atoms with Crippen molar-refractivity contribution in [1.29, 1.82) is 0 Å². The lowest BCUT2D eigenvalue weighted by Gasteiger charge is -2.27. The summed E-state index contributed by atoms with van der Waals surface area (Å²) in [6.07, 6.45) is -3.75. The van der Waals surface area contributed by atoms with Crippen molar-refractivity contribution < 1.29 is 18.3 Å². The molecule has 0 rings (SSSR count). The van der Waals surface area contributed by atoms with E-state index in [-0.39, 0.29) is 6.61 Å². The molecule has 0 amide bonds. The molecule has 0 saturated heterocycles. The third-order valence-electron chi connectivity index (χ3n) is 2.79. The summed E-state index contributed by atoms with van der Waals surface area (Å²) in [5, 5.41) is 11.4. The number of nitrogens with one attached hydrogen (secondary N) is 1. The molecular weight excluding hydrogens is 221 g/mol. The second-order valence-corrected chi connectivity index (χ2v) is 4.04. The van der Waals surface area contributed by atoms with Gasteiger partial charge in [-0.3, -0.25) is 0 Å². The van der Waals surface area contributed by atoms with E-state index >= 15 is 0 Å². The predicted molar refractivity (Wildman–Crippen MR) is 57.3 cm³/mol. The Balaban J connectivity index is 4.10. The molecular formula is C10H21F3N2O. The van der Waals surface area contributed by atoms with Crippen LogP contribution in [0.2, 0.25) is 0 Å². The maximum Gasteiger partial charge on any atom is 0.393 e. The van der Waals surface area contributed by atoms with E-state index in [9.17, 15) is 13.2 Å². The zero-order valence-corrected chi connectivity index (χ0v) is 10.0.